The standard InChI is InChI=1S/C57H33N3OS/c1-3-16-35(17-4-1)41-25-13-26-44-51-45(27-14-28-48(51)61-53(41)44)56-58-55(39-30-29-34-15-7-8-20-37(34)31-39)59-57(60-56)46-33-49-52(43-24-12-11-23-42(43)46)47-32-38-21-9-10-22-40(38)50(54(47)62-49)36-18-5-2-6-19-36/h1-33H. The predicted octanol–water partition coefficient (Wildman–Crippen LogP) is 15.9. The molecular weight excluding hydrogens is 775 g/mol. The van der Waals surface area contributed by atoms with E-state index in [1.165, 1.54) is 52.8 Å². The van der Waals surface area contributed by atoms with E-state index in [-0.39, 0.29) is 0 Å². The van der Waals surface area contributed by atoms with Gasteiger partial charge in [0.15, 0.2) is 17.5 Å². The molecule has 5 heteroatoms. The third kappa shape index (κ3) is 5.42. The van der Waals surface area contributed by atoms with Crippen LogP contribution in [0.15, 0.2) is 205 Å². The van der Waals surface area contributed by atoms with Gasteiger partial charge in [-0.25, -0.2) is 15.0 Å². The van der Waals surface area contributed by atoms with E-state index in [0.29, 0.717) is 17.5 Å². The molecule has 0 fully saturated rings. The van der Waals surface area contributed by atoms with E-state index in [0.717, 1.165) is 60.5 Å². The Hall–Kier alpha value is -7.99. The first-order valence-corrected chi connectivity index (χ1v) is 21.7. The third-order valence-corrected chi connectivity index (χ3v) is 13.5. The summed E-state index contributed by atoms with van der Waals surface area (Å²) in [7, 11) is 0. The molecule has 10 aromatic carbocycles. The van der Waals surface area contributed by atoms with Gasteiger partial charge in [-0.3, -0.25) is 0 Å². The van der Waals surface area contributed by atoms with Crippen LogP contribution in [0.2, 0.25) is 0 Å². The van der Waals surface area contributed by atoms with E-state index >= 15 is 0 Å². The van der Waals surface area contributed by atoms with Gasteiger partial charge in [-0.15, -0.1) is 11.3 Å². The van der Waals surface area contributed by atoms with Crippen molar-refractivity contribution in [1.82, 2.24) is 15.0 Å². The molecule has 0 unspecified atom stereocenters. The smallest absolute Gasteiger partial charge is 0.164 e. The van der Waals surface area contributed by atoms with Crippen LogP contribution >= 0.6 is 11.3 Å². The predicted molar refractivity (Wildman–Crippen MR) is 260 cm³/mol. The topological polar surface area (TPSA) is 51.8 Å². The zero-order chi connectivity index (χ0) is 40.7. The van der Waals surface area contributed by atoms with Crippen LogP contribution in [0.1, 0.15) is 0 Å². The van der Waals surface area contributed by atoms with Crippen molar-refractivity contribution >= 4 is 85.8 Å². The summed E-state index contributed by atoms with van der Waals surface area (Å²) in [4.78, 5) is 16.1. The number of hydrogen-bond donors (Lipinski definition) is 0. The first-order valence-electron chi connectivity index (χ1n) is 20.8. The number of rotatable bonds is 5. The van der Waals surface area contributed by atoms with Crippen molar-refractivity contribution in [1.29, 1.82) is 0 Å². The monoisotopic (exact) mass is 807 g/mol. The van der Waals surface area contributed by atoms with E-state index < -0.39 is 0 Å². The molecule has 13 aromatic rings. The minimum atomic E-state index is 0.592. The van der Waals surface area contributed by atoms with Crippen molar-refractivity contribution in [2.24, 2.45) is 0 Å². The molecule has 0 saturated heterocycles. The molecule has 0 radical (unpaired) electrons. The fourth-order valence-electron chi connectivity index (χ4n) is 9.47. The average Bonchev–Trinajstić information content (AvgIpc) is 3.92. The Morgan fingerprint density at radius 3 is 1.81 bits per heavy atom. The highest BCUT2D eigenvalue weighted by Gasteiger charge is 2.23. The highest BCUT2D eigenvalue weighted by Crippen LogP contribution is 2.48. The van der Waals surface area contributed by atoms with E-state index in [9.17, 15) is 0 Å². The number of furan rings is 1. The van der Waals surface area contributed by atoms with E-state index in [4.69, 9.17) is 19.4 Å². The van der Waals surface area contributed by atoms with Gasteiger partial charge in [-0.2, -0.15) is 0 Å². The van der Waals surface area contributed by atoms with Gasteiger partial charge in [0.2, 0.25) is 0 Å². The molecule has 288 valence electrons. The molecule has 0 aliphatic carbocycles. The number of benzene rings is 10. The summed E-state index contributed by atoms with van der Waals surface area (Å²) >= 11 is 1.84. The van der Waals surface area contributed by atoms with Crippen LogP contribution < -0.4 is 0 Å². The summed E-state index contributed by atoms with van der Waals surface area (Å²) in [6, 6.07) is 70.8. The molecule has 13 rings (SSSR count). The summed E-state index contributed by atoms with van der Waals surface area (Å²) in [5.74, 6) is 1.83. The molecule has 0 atom stereocenters. The summed E-state index contributed by atoms with van der Waals surface area (Å²) in [5, 5.41) is 11.5. The number of aromatic nitrogens is 3. The van der Waals surface area contributed by atoms with Gasteiger partial charge < -0.3 is 4.42 Å². The van der Waals surface area contributed by atoms with Gasteiger partial charge in [0.05, 0.1) is 0 Å². The lowest BCUT2D eigenvalue weighted by molar-refractivity contribution is 0.670. The molecule has 0 spiro atoms. The fourth-order valence-corrected chi connectivity index (χ4v) is 10.8. The first-order chi connectivity index (χ1) is 30.7. The van der Waals surface area contributed by atoms with Crippen LogP contribution in [0.25, 0.3) is 131 Å². The number of para-hydroxylation sites is 1. The molecule has 4 nitrogen and oxygen atoms in total. The minimum absolute atomic E-state index is 0.592. The number of thiophene rings is 1. The molecule has 0 bridgehead atoms. The lowest BCUT2D eigenvalue weighted by Crippen LogP contribution is -2.01. The number of fused-ring (bicyclic) bond motifs is 10. The van der Waals surface area contributed by atoms with Gasteiger partial charge in [-0.05, 0) is 67.7 Å². The summed E-state index contributed by atoms with van der Waals surface area (Å²) in [6.07, 6.45) is 0. The molecule has 0 saturated carbocycles. The zero-order valence-corrected chi connectivity index (χ0v) is 34.0. The Kier molecular flexibility index (Phi) is 7.74. The fraction of sp³-hybridized carbons (Fsp3) is 0. The molecular formula is C57H33N3OS. The van der Waals surface area contributed by atoms with Crippen molar-refractivity contribution in [2.75, 3.05) is 0 Å². The Morgan fingerprint density at radius 1 is 0.355 bits per heavy atom. The van der Waals surface area contributed by atoms with Crippen LogP contribution in [-0.2, 0) is 0 Å². The SMILES string of the molecule is c1ccc(-c2cccc3c2oc2cccc(-c4nc(-c5ccc6ccccc6c5)nc(-c5cc6sc7c(-c8ccccc8)c8ccccc8cc7c6c6ccccc56)n4)c23)cc1. The molecule has 3 aromatic heterocycles. The largest absolute Gasteiger partial charge is 0.455 e. The average molecular weight is 808 g/mol. The molecule has 0 aliphatic rings. The Bertz CT molecular complexity index is 3930. The van der Waals surface area contributed by atoms with Gasteiger partial charge in [0.25, 0.3) is 0 Å². The number of hydrogen-bond acceptors (Lipinski definition) is 5. The molecule has 0 N–H and O–H groups in total. The Morgan fingerprint density at radius 2 is 0.984 bits per heavy atom. The van der Waals surface area contributed by atoms with Crippen LogP contribution in [0.5, 0.6) is 0 Å². The highest BCUT2D eigenvalue weighted by molar-refractivity contribution is 7.26. The first kappa shape index (κ1) is 34.8. The lowest BCUT2D eigenvalue weighted by atomic mass is 9.93. The molecule has 3 heterocycles. The van der Waals surface area contributed by atoms with Crippen LogP contribution in [0.3, 0.4) is 0 Å². The quantitative estimate of drug-likeness (QED) is 0.174. The summed E-state index contributed by atoms with van der Waals surface area (Å²) < 4.78 is 9.17. The van der Waals surface area contributed by atoms with Crippen molar-refractivity contribution in [2.45, 2.75) is 0 Å². The van der Waals surface area contributed by atoms with Gasteiger partial charge in [0.1, 0.15) is 11.2 Å². The summed E-state index contributed by atoms with van der Waals surface area (Å²) in [5.41, 5.74) is 9.04. The lowest BCUT2D eigenvalue weighted by Gasteiger charge is -2.12. The Balaban J connectivity index is 1.10. The maximum Gasteiger partial charge on any atom is 0.164 e. The van der Waals surface area contributed by atoms with E-state index in [2.05, 4.69) is 182 Å². The van der Waals surface area contributed by atoms with Gasteiger partial charge in [0, 0.05) is 58.8 Å². The van der Waals surface area contributed by atoms with Crippen molar-refractivity contribution in [3.05, 3.63) is 200 Å². The second-order valence-corrected chi connectivity index (χ2v) is 16.9. The maximum absolute atomic E-state index is 6.71. The molecule has 62 heavy (non-hydrogen) atoms. The zero-order valence-electron chi connectivity index (χ0n) is 33.2. The normalized spacial score (nSPS) is 11.9. The highest BCUT2D eigenvalue weighted by atomic mass is 32.1. The van der Waals surface area contributed by atoms with Crippen LogP contribution in [0, 0.1) is 0 Å². The molecule has 0 amide bonds. The number of nitrogens with zero attached hydrogens (tertiary/aromatic N) is 3. The summed E-state index contributed by atoms with van der Waals surface area (Å²) in [6.45, 7) is 0. The second kappa shape index (κ2) is 13.8. The van der Waals surface area contributed by atoms with Crippen LogP contribution in [0.4, 0.5) is 0 Å². The van der Waals surface area contributed by atoms with Crippen molar-refractivity contribution in [3.63, 3.8) is 0 Å². The van der Waals surface area contributed by atoms with Crippen molar-refractivity contribution < 1.29 is 4.42 Å². The molecule has 0 aliphatic heterocycles. The Labute approximate surface area is 360 Å². The minimum Gasteiger partial charge on any atom is -0.455 e. The van der Waals surface area contributed by atoms with Crippen LogP contribution in [-0.4, -0.2) is 15.0 Å². The van der Waals surface area contributed by atoms with Crippen molar-refractivity contribution in [3.8, 4) is 56.4 Å². The maximum atomic E-state index is 6.71. The van der Waals surface area contributed by atoms with Gasteiger partial charge >= 0.3 is 0 Å². The third-order valence-electron chi connectivity index (χ3n) is 12.3. The van der Waals surface area contributed by atoms with E-state index in [1.54, 1.807) is 0 Å². The van der Waals surface area contributed by atoms with Gasteiger partial charge in [-0.1, -0.05) is 176 Å². The van der Waals surface area contributed by atoms with E-state index in [1.807, 2.05) is 29.5 Å². The second-order valence-electron chi connectivity index (χ2n) is 15.9.